The highest BCUT2D eigenvalue weighted by Crippen LogP contribution is 2.38. The van der Waals surface area contributed by atoms with E-state index in [1.165, 1.54) is 18.1 Å². The first kappa shape index (κ1) is 35.0. The standard InChI is InChI=1S/C40H47N3O5/c1-30(45)41-24-10-4-9-15-39(46)42-36-22-20-35(21-23-36)40-47-37(25-38(48-40)34-18-16-33(29-44)17-19-34)28-43(26-31-11-5-2-6-12-31)27-32-13-7-3-8-14-32/h2-3,5-8,11-14,16-23,37-38,40,44H,4,9-10,15,24-29H2,1H3,(H,41,45)(H,42,46). The van der Waals surface area contributed by atoms with E-state index in [2.05, 4.69) is 64.1 Å². The second kappa shape index (κ2) is 18.3. The topological polar surface area (TPSA) is 100 Å². The van der Waals surface area contributed by atoms with Crippen molar-refractivity contribution in [3.63, 3.8) is 0 Å². The zero-order valence-corrected chi connectivity index (χ0v) is 27.7. The molecule has 8 nitrogen and oxygen atoms in total. The highest BCUT2D eigenvalue weighted by Gasteiger charge is 2.33. The average molecular weight is 650 g/mol. The Balaban J connectivity index is 1.27. The fourth-order valence-electron chi connectivity index (χ4n) is 5.99. The number of aliphatic hydroxyl groups excluding tert-OH is 1. The summed E-state index contributed by atoms with van der Waals surface area (Å²) in [6.45, 7) is 4.44. The number of amides is 2. The number of unbranched alkanes of at least 4 members (excludes halogenated alkanes) is 2. The minimum atomic E-state index is -0.588. The van der Waals surface area contributed by atoms with E-state index < -0.39 is 6.29 Å². The van der Waals surface area contributed by atoms with Gasteiger partial charge in [0.05, 0.1) is 18.8 Å². The molecule has 0 saturated carbocycles. The van der Waals surface area contributed by atoms with Gasteiger partial charge in [0, 0.05) is 57.2 Å². The van der Waals surface area contributed by atoms with E-state index in [1.807, 2.05) is 60.7 Å². The summed E-state index contributed by atoms with van der Waals surface area (Å²) in [5.74, 6) is -0.0631. The van der Waals surface area contributed by atoms with Crippen LogP contribution in [0.15, 0.2) is 109 Å². The van der Waals surface area contributed by atoms with Crippen LogP contribution >= 0.6 is 0 Å². The molecule has 5 rings (SSSR count). The Labute approximate surface area is 284 Å². The molecule has 0 bridgehead atoms. The number of aliphatic hydroxyl groups is 1. The van der Waals surface area contributed by atoms with Gasteiger partial charge in [0.15, 0.2) is 6.29 Å². The van der Waals surface area contributed by atoms with Gasteiger partial charge in [-0.15, -0.1) is 0 Å². The van der Waals surface area contributed by atoms with Crippen molar-refractivity contribution in [2.24, 2.45) is 0 Å². The molecule has 4 aromatic rings. The van der Waals surface area contributed by atoms with Gasteiger partial charge in [-0.1, -0.05) is 103 Å². The molecule has 8 heteroatoms. The summed E-state index contributed by atoms with van der Waals surface area (Å²) in [5.41, 5.74) is 6.00. The van der Waals surface area contributed by atoms with E-state index in [0.29, 0.717) is 25.9 Å². The Morgan fingerprint density at radius 3 is 1.98 bits per heavy atom. The van der Waals surface area contributed by atoms with Crippen molar-refractivity contribution >= 4 is 17.5 Å². The first-order chi connectivity index (χ1) is 23.4. The van der Waals surface area contributed by atoms with Crippen LogP contribution in [0, 0.1) is 0 Å². The van der Waals surface area contributed by atoms with Gasteiger partial charge in [-0.25, -0.2) is 0 Å². The molecular formula is C40H47N3O5. The van der Waals surface area contributed by atoms with Crippen LogP contribution in [0.4, 0.5) is 5.69 Å². The molecule has 4 aromatic carbocycles. The summed E-state index contributed by atoms with van der Waals surface area (Å²) in [7, 11) is 0. The SMILES string of the molecule is CC(=O)NCCCCCC(=O)Nc1ccc(C2OC(CN(Cc3ccccc3)Cc3ccccc3)CC(c3ccc(CO)cc3)O2)cc1. The third-order valence-electron chi connectivity index (χ3n) is 8.50. The Morgan fingerprint density at radius 1 is 0.750 bits per heavy atom. The third-order valence-corrected chi connectivity index (χ3v) is 8.50. The lowest BCUT2D eigenvalue weighted by Crippen LogP contribution is -2.39. The monoisotopic (exact) mass is 649 g/mol. The molecule has 1 aliphatic rings. The van der Waals surface area contributed by atoms with Crippen LogP contribution < -0.4 is 10.6 Å². The maximum atomic E-state index is 12.5. The van der Waals surface area contributed by atoms with Gasteiger partial charge >= 0.3 is 0 Å². The van der Waals surface area contributed by atoms with Crippen molar-refractivity contribution in [2.45, 2.75) is 77.2 Å². The van der Waals surface area contributed by atoms with Gasteiger partial charge in [-0.3, -0.25) is 14.5 Å². The molecule has 1 fully saturated rings. The molecule has 3 unspecified atom stereocenters. The number of rotatable bonds is 16. The van der Waals surface area contributed by atoms with Crippen molar-refractivity contribution < 1.29 is 24.2 Å². The van der Waals surface area contributed by atoms with E-state index >= 15 is 0 Å². The summed E-state index contributed by atoms with van der Waals surface area (Å²) in [4.78, 5) is 26.0. The molecule has 3 atom stereocenters. The van der Waals surface area contributed by atoms with E-state index in [9.17, 15) is 14.7 Å². The highest BCUT2D eigenvalue weighted by molar-refractivity contribution is 5.90. The van der Waals surface area contributed by atoms with Gasteiger partial charge < -0.3 is 25.2 Å². The quantitative estimate of drug-likeness (QED) is 0.112. The van der Waals surface area contributed by atoms with E-state index in [-0.39, 0.29) is 30.6 Å². The zero-order valence-electron chi connectivity index (χ0n) is 27.7. The van der Waals surface area contributed by atoms with E-state index in [4.69, 9.17) is 9.47 Å². The van der Waals surface area contributed by atoms with Gasteiger partial charge in [0.1, 0.15) is 0 Å². The second-order valence-corrected chi connectivity index (χ2v) is 12.5. The number of nitrogens with one attached hydrogen (secondary N) is 2. The van der Waals surface area contributed by atoms with Crippen LogP contribution in [0.1, 0.15) is 79.2 Å². The Hall–Kier alpha value is -4.34. The number of benzene rings is 4. The summed E-state index contributed by atoms with van der Waals surface area (Å²) in [6.07, 6.45) is 2.72. The molecular weight excluding hydrogens is 602 g/mol. The second-order valence-electron chi connectivity index (χ2n) is 12.5. The van der Waals surface area contributed by atoms with Crippen LogP contribution in [0.25, 0.3) is 0 Å². The van der Waals surface area contributed by atoms with Gasteiger partial charge in [0.2, 0.25) is 11.8 Å². The first-order valence-corrected chi connectivity index (χ1v) is 16.9. The molecule has 0 aliphatic carbocycles. The molecule has 1 saturated heterocycles. The summed E-state index contributed by atoms with van der Waals surface area (Å²) in [6, 6.07) is 36.6. The van der Waals surface area contributed by atoms with Gasteiger partial charge in [-0.2, -0.15) is 0 Å². The lowest BCUT2D eigenvalue weighted by Gasteiger charge is -2.38. The number of anilines is 1. The summed E-state index contributed by atoms with van der Waals surface area (Å²) >= 11 is 0. The first-order valence-electron chi connectivity index (χ1n) is 16.9. The van der Waals surface area contributed by atoms with Gasteiger partial charge in [-0.05, 0) is 47.2 Å². The van der Waals surface area contributed by atoms with Crippen LogP contribution in [0.2, 0.25) is 0 Å². The number of hydrogen-bond donors (Lipinski definition) is 3. The molecule has 252 valence electrons. The fourth-order valence-corrected chi connectivity index (χ4v) is 5.99. The number of nitrogens with zero attached hydrogens (tertiary/aromatic N) is 1. The maximum Gasteiger partial charge on any atom is 0.224 e. The van der Waals surface area contributed by atoms with Crippen molar-refractivity contribution in [2.75, 3.05) is 18.4 Å². The van der Waals surface area contributed by atoms with Crippen molar-refractivity contribution in [1.82, 2.24) is 10.2 Å². The van der Waals surface area contributed by atoms with Crippen LogP contribution in [0.3, 0.4) is 0 Å². The predicted molar refractivity (Wildman–Crippen MR) is 188 cm³/mol. The average Bonchev–Trinajstić information content (AvgIpc) is 3.11. The summed E-state index contributed by atoms with van der Waals surface area (Å²) in [5, 5.41) is 15.4. The zero-order chi connectivity index (χ0) is 33.6. The van der Waals surface area contributed by atoms with Gasteiger partial charge in [0.25, 0.3) is 0 Å². The summed E-state index contributed by atoms with van der Waals surface area (Å²) < 4.78 is 13.3. The van der Waals surface area contributed by atoms with Crippen LogP contribution in [-0.2, 0) is 38.8 Å². The van der Waals surface area contributed by atoms with Crippen molar-refractivity contribution in [3.05, 3.63) is 137 Å². The molecule has 1 heterocycles. The van der Waals surface area contributed by atoms with E-state index in [1.54, 1.807) is 0 Å². The van der Waals surface area contributed by atoms with Crippen molar-refractivity contribution in [3.8, 4) is 0 Å². The molecule has 0 radical (unpaired) electrons. The highest BCUT2D eigenvalue weighted by atomic mass is 16.7. The minimum absolute atomic E-state index is 0.00438. The minimum Gasteiger partial charge on any atom is -0.392 e. The van der Waals surface area contributed by atoms with Crippen LogP contribution in [0.5, 0.6) is 0 Å². The molecule has 1 aliphatic heterocycles. The number of carbonyl (C=O) groups is 2. The molecule has 48 heavy (non-hydrogen) atoms. The Kier molecular flexibility index (Phi) is 13.3. The molecule has 2 amide bonds. The normalized spacial score (nSPS) is 17.6. The smallest absolute Gasteiger partial charge is 0.224 e. The largest absolute Gasteiger partial charge is 0.392 e. The predicted octanol–water partition coefficient (Wildman–Crippen LogP) is 7.06. The lowest BCUT2D eigenvalue weighted by atomic mass is 9.99. The number of carbonyl (C=O) groups excluding carboxylic acids is 2. The number of ether oxygens (including phenoxy) is 2. The number of hydrogen-bond acceptors (Lipinski definition) is 6. The molecule has 0 spiro atoms. The molecule has 0 aromatic heterocycles. The Morgan fingerprint density at radius 2 is 1.38 bits per heavy atom. The lowest BCUT2D eigenvalue weighted by molar-refractivity contribution is -0.253. The maximum absolute atomic E-state index is 12.5. The third kappa shape index (κ3) is 11.1. The van der Waals surface area contributed by atoms with Crippen molar-refractivity contribution in [1.29, 1.82) is 0 Å². The Bertz CT molecular complexity index is 1510. The fraction of sp³-hybridized carbons (Fsp3) is 0.350. The molecule has 3 N–H and O–H groups in total. The van der Waals surface area contributed by atoms with Crippen LogP contribution in [-0.4, -0.2) is 41.0 Å². The van der Waals surface area contributed by atoms with E-state index in [0.717, 1.165) is 54.7 Å².